The molecule has 30 heavy (non-hydrogen) atoms. The van der Waals surface area contributed by atoms with Crippen molar-refractivity contribution in [2.24, 2.45) is 5.14 Å². The molecule has 3 N–H and O–H groups in total. The molecule has 2 aromatic carbocycles. The second-order valence-corrected chi connectivity index (χ2v) is 7.82. The standard InChI is InChI=1S/C19H21F3N2O5S/c1-28-16-8-6-13(12-17(16)30(23,26)27)10-11-24-18(25)9-7-14-4-2-3-5-15(14)29-19(20,21)22/h2-6,8,12H,7,9-11H2,1H3,(H,24,25)(H2,23,26,27). The van der Waals surface area contributed by atoms with Gasteiger partial charge in [0.25, 0.3) is 0 Å². The molecule has 2 aromatic rings. The molecule has 0 radical (unpaired) electrons. The number of amides is 1. The number of benzene rings is 2. The van der Waals surface area contributed by atoms with Gasteiger partial charge in [0.2, 0.25) is 15.9 Å². The molecule has 11 heteroatoms. The van der Waals surface area contributed by atoms with Crippen molar-refractivity contribution < 1.29 is 35.9 Å². The van der Waals surface area contributed by atoms with E-state index in [1.165, 1.54) is 37.4 Å². The minimum absolute atomic E-state index is 0.0384. The van der Waals surface area contributed by atoms with Crippen molar-refractivity contribution in [3.63, 3.8) is 0 Å². The lowest BCUT2D eigenvalue weighted by Gasteiger charge is -2.13. The third kappa shape index (κ3) is 7.23. The zero-order valence-corrected chi connectivity index (χ0v) is 16.8. The van der Waals surface area contributed by atoms with Crippen LogP contribution in [0.3, 0.4) is 0 Å². The number of ether oxygens (including phenoxy) is 2. The number of nitrogens with one attached hydrogen (secondary N) is 1. The number of carbonyl (C=O) groups excluding carboxylic acids is 1. The number of hydrogen-bond donors (Lipinski definition) is 2. The average molecular weight is 446 g/mol. The molecule has 164 valence electrons. The second-order valence-electron chi connectivity index (χ2n) is 6.29. The lowest BCUT2D eigenvalue weighted by Crippen LogP contribution is -2.26. The number of carbonyl (C=O) groups is 1. The largest absolute Gasteiger partial charge is 0.573 e. The van der Waals surface area contributed by atoms with E-state index >= 15 is 0 Å². The Morgan fingerprint density at radius 1 is 1.10 bits per heavy atom. The van der Waals surface area contributed by atoms with Crippen molar-refractivity contribution in [2.45, 2.75) is 30.5 Å². The van der Waals surface area contributed by atoms with Crippen LogP contribution in [0.1, 0.15) is 17.5 Å². The summed E-state index contributed by atoms with van der Waals surface area (Å²) >= 11 is 0. The van der Waals surface area contributed by atoms with Gasteiger partial charge in [-0.2, -0.15) is 0 Å². The number of methoxy groups -OCH3 is 1. The van der Waals surface area contributed by atoms with E-state index in [1.54, 1.807) is 12.1 Å². The predicted molar refractivity (Wildman–Crippen MR) is 103 cm³/mol. The van der Waals surface area contributed by atoms with Crippen LogP contribution in [0, 0.1) is 0 Å². The van der Waals surface area contributed by atoms with Gasteiger partial charge in [-0.25, -0.2) is 13.6 Å². The van der Waals surface area contributed by atoms with E-state index in [-0.39, 0.29) is 47.3 Å². The summed E-state index contributed by atoms with van der Waals surface area (Å²) in [7, 11) is -2.65. The first-order valence-electron chi connectivity index (χ1n) is 8.79. The molecule has 0 heterocycles. The number of sulfonamides is 1. The van der Waals surface area contributed by atoms with Gasteiger partial charge in [0.1, 0.15) is 16.4 Å². The van der Waals surface area contributed by atoms with Gasteiger partial charge < -0.3 is 14.8 Å². The monoisotopic (exact) mass is 446 g/mol. The minimum atomic E-state index is -4.81. The van der Waals surface area contributed by atoms with Crippen molar-refractivity contribution in [1.82, 2.24) is 5.32 Å². The van der Waals surface area contributed by atoms with Gasteiger partial charge in [-0.1, -0.05) is 24.3 Å². The first-order chi connectivity index (χ1) is 14.0. The summed E-state index contributed by atoms with van der Waals surface area (Å²) < 4.78 is 69.5. The normalized spacial score (nSPS) is 11.8. The number of aryl methyl sites for hydroxylation is 1. The van der Waals surface area contributed by atoms with Gasteiger partial charge in [0, 0.05) is 13.0 Å². The molecule has 7 nitrogen and oxygen atoms in total. The third-order valence-electron chi connectivity index (χ3n) is 4.09. The fourth-order valence-corrected chi connectivity index (χ4v) is 3.46. The minimum Gasteiger partial charge on any atom is -0.495 e. The Morgan fingerprint density at radius 3 is 2.43 bits per heavy atom. The van der Waals surface area contributed by atoms with E-state index in [4.69, 9.17) is 9.88 Å². The van der Waals surface area contributed by atoms with E-state index in [0.29, 0.717) is 12.0 Å². The zero-order valence-electron chi connectivity index (χ0n) is 16.0. The Hall–Kier alpha value is -2.79. The maximum Gasteiger partial charge on any atom is 0.573 e. The van der Waals surface area contributed by atoms with Gasteiger partial charge in [-0.3, -0.25) is 4.79 Å². The van der Waals surface area contributed by atoms with Crippen LogP contribution in [0.2, 0.25) is 0 Å². The van der Waals surface area contributed by atoms with E-state index in [0.717, 1.165) is 0 Å². The highest BCUT2D eigenvalue weighted by Gasteiger charge is 2.31. The molecule has 0 spiro atoms. The molecule has 0 aliphatic rings. The first-order valence-corrected chi connectivity index (χ1v) is 10.3. The molecule has 0 saturated carbocycles. The van der Waals surface area contributed by atoms with E-state index in [2.05, 4.69) is 10.1 Å². The lowest BCUT2D eigenvalue weighted by molar-refractivity contribution is -0.274. The van der Waals surface area contributed by atoms with Crippen molar-refractivity contribution >= 4 is 15.9 Å². The van der Waals surface area contributed by atoms with E-state index in [9.17, 15) is 26.4 Å². The van der Waals surface area contributed by atoms with Crippen LogP contribution in [0.4, 0.5) is 13.2 Å². The predicted octanol–water partition coefficient (Wildman–Crippen LogP) is 2.53. The van der Waals surface area contributed by atoms with Crippen molar-refractivity contribution in [1.29, 1.82) is 0 Å². The van der Waals surface area contributed by atoms with Gasteiger partial charge in [-0.15, -0.1) is 13.2 Å². The Bertz CT molecular complexity index is 994. The van der Waals surface area contributed by atoms with Crippen molar-refractivity contribution in [3.05, 3.63) is 53.6 Å². The number of hydrogen-bond acceptors (Lipinski definition) is 5. The average Bonchev–Trinajstić information content (AvgIpc) is 2.65. The molecule has 1 amide bonds. The van der Waals surface area contributed by atoms with Crippen LogP contribution in [0.15, 0.2) is 47.4 Å². The molecular formula is C19H21F3N2O5S. The summed E-state index contributed by atoms with van der Waals surface area (Å²) in [4.78, 5) is 11.9. The van der Waals surface area contributed by atoms with Gasteiger partial charge in [-0.05, 0) is 42.2 Å². The highest BCUT2D eigenvalue weighted by atomic mass is 32.2. The molecule has 0 atom stereocenters. The summed E-state index contributed by atoms with van der Waals surface area (Å²) in [6, 6.07) is 10.1. The Morgan fingerprint density at radius 2 is 1.80 bits per heavy atom. The number of nitrogens with two attached hydrogens (primary N) is 1. The first kappa shape index (κ1) is 23.5. The fraction of sp³-hybridized carbons (Fsp3) is 0.316. The summed E-state index contributed by atoms with van der Waals surface area (Å²) in [5.74, 6) is -0.589. The highest BCUT2D eigenvalue weighted by molar-refractivity contribution is 7.89. The van der Waals surface area contributed by atoms with Crippen LogP contribution in [-0.4, -0.2) is 34.3 Å². The number of halogens is 3. The topological polar surface area (TPSA) is 108 Å². The summed E-state index contributed by atoms with van der Waals surface area (Å²) in [5, 5.41) is 7.81. The molecule has 0 aliphatic carbocycles. The number of primary sulfonamides is 1. The molecule has 2 rings (SSSR count). The maximum atomic E-state index is 12.4. The molecule has 0 bridgehead atoms. The Balaban J connectivity index is 1.90. The van der Waals surface area contributed by atoms with Crippen molar-refractivity contribution in [3.8, 4) is 11.5 Å². The quantitative estimate of drug-likeness (QED) is 0.616. The third-order valence-corrected chi connectivity index (χ3v) is 5.02. The van der Waals surface area contributed by atoms with Crippen molar-refractivity contribution in [2.75, 3.05) is 13.7 Å². The number of alkyl halides is 3. The van der Waals surface area contributed by atoms with Crippen LogP contribution in [0.25, 0.3) is 0 Å². The molecule has 0 saturated heterocycles. The number of para-hydroxylation sites is 1. The number of rotatable bonds is 9. The van der Waals surface area contributed by atoms with Gasteiger partial charge >= 0.3 is 6.36 Å². The molecule has 0 aromatic heterocycles. The molecular weight excluding hydrogens is 425 g/mol. The fourth-order valence-electron chi connectivity index (χ4n) is 2.72. The lowest BCUT2D eigenvalue weighted by atomic mass is 10.1. The molecule has 0 unspecified atom stereocenters. The van der Waals surface area contributed by atoms with E-state index in [1.807, 2.05) is 0 Å². The second kappa shape index (κ2) is 9.81. The van der Waals surface area contributed by atoms with E-state index < -0.39 is 16.4 Å². The Labute approximate surface area is 172 Å². The maximum absolute atomic E-state index is 12.4. The Kier molecular flexibility index (Phi) is 7.68. The molecule has 0 aliphatic heterocycles. The summed E-state index contributed by atoms with van der Waals surface area (Å²) in [6.45, 7) is 0.204. The highest BCUT2D eigenvalue weighted by Crippen LogP contribution is 2.27. The smallest absolute Gasteiger partial charge is 0.495 e. The van der Waals surface area contributed by atoms with Gasteiger partial charge in [0.05, 0.1) is 7.11 Å². The van der Waals surface area contributed by atoms with Crippen LogP contribution in [0.5, 0.6) is 11.5 Å². The van der Waals surface area contributed by atoms with Crippen LogP contribution in [-0.2, 0) is 27.7 Å². The summed E-state index contributed by atoms with van der Waals surface area (Å²) in [6.07, 6.45) is -4.46. The zero-order chi connectivity index (χ0) is 22.4. The summed E-state index contributed by atoms with van der Waals surface area (Å²) in [5.41, 5.74) is 0.877. The van der Waals surface area contributed by atoms with Gasteiger partial charge in [0.15, 0.2) is 0 Å². The van der Waals surface area contributed by atoms with Crippen LogP contribution >= 0.6 is 0 Å². The van der Waals surface area contributed by atoms with Crippen LogP contribution < -0.4 is 19.9 Å². The molecule has 0 fully saturated rings. The SMILES string of the molecule is COc1ccc(CCNC(=O)CCc2ccccc2OC(F)(F)F)cc1S(N)(=O)=O.